The number of nitro benzene ring substituents is 1. The number of rotatable bonds is 6. The van der Waals surface area contributed by atoms with E-state index in [0.29, 0.717) is 24.5 Å². The molecule has 1 saturated heterocycles. The topological polar surface area (TPSA) is 66.7 Å². The molecule has 6 nitrogen and oxygen atoms in total. The van der Waals surface area contributed by atoms with Gasteiger partial charge in [0.1, 0.15) is 0 Å². The first kappa shape index (κ1) is 19.5. The Kier molecular flexibility index (Phi) is 6.58. The van der Waals surface area contributed by atoms with E-state index in [0.717, 1.165) is 29.4 Å². The largest absolute Gasteiger partial charge is 0.368 e. The summed E-state index contributed by atoms with van der Waals surface area (Å²) in [6, 6.07) is 14.2. The molecule has 1 aliphatic rings. The second-order valence-electron chi connectivity index (χ2n) is 6.19. The predicted octanol–water partition coefficient (Wildman–Crippen LogP) is 4.08. The van der Waals surface area contributed by atoms with Crippen molar-refractivity contribution in [3.63, 3.8) is 0 Å². The van der Waals surface area contributed by atoms with Crippen molar-refractivity contribution >= 4 is 40.6 Å². The standard InChI is InChI=1S/C19H20ClN3O3S/c20-15-1-7-18(8-2-15)27-14-9-19(24)22-12-10-21(11-13-22)16-3-5-17(6-4-16)23(25)26/h1-8H,9-14H2. The lowest BCUT2D eigenvalue weighted by atomic mass is 10.2. The summed E-state index contributed by atoms with van der Waals surface area (Å²) in [6.45, 7) is 2.80. The lowest BCUT2D eigenvalue weighted by molar-refractivity contribution is -0.384. The molecular weight excluding hydrogens is 386 g/mol. The van der Waals surface area contributed by atoms with Crippen molar-refractivity contribution in [2.24, 2.45) is 0 Å². The second kappa shape index (κ2) is 9.10. The van der Waals surface area contributed by atoms with E-state index in [1.807, 2.05) is 29.2 Å². The summed E-state index contributed by atoms with van der Waals surface area (Å²) in [4.78, 5) is 27.9. The van der Waals surface area contributed by atoms with E-state index in [4.69, 9.17) is 11.6 Å². The molecule has 27 heavy (non-hydrogen) atoms. The van der Waals surface area contributed by atoms with Crippen LogP contribution in [0, 0.1) is 10.1 Å². The van der Waals surface area contributed by atoms with Crippen molar-refractivity contribution in [1.82, 2.24) is 4.90 Å². The number of non-ortho nitro benzene ring substituents is 1. The summed E-state index contributed by atoms with van der Waals surface area (Å²) in [5.41, 5.74) is 1.04. The van der Waals surface area contributed by atoms with Crippen LogP contribution in [0.4, 0.5) is 11.4 Å². The minimum absolute atomic E-state index is 0.0887. The van der Waals surface area contributed by atoms with Gasteiger partial charge >= 0.3 is 0 Å². The van der Waals surface area contributed by atoms with Gasteiger partial charge in [-0.3, -0.25) is 14.9 Å². The van der Waals surface area contributed by atoms with Gasteiger partial charge < -0.3 is 9.80 Å². The van der Waals surface area contributed by atoms with Crippen LogP contribution in [0.2, 0.25) is 5.02 Å². The van der Waals surface area contributed by atoms with Gasteiger partial charge in [-0.25, -0.2) is 0 Å². The number of benzene rings is 2. The predicted molar refractivity (Wildman–Crippen MR) is 109 cm³/mol. The summed E-state index contributed by atoms with van der Waals surface area (Å²) < 4.78 is 0. The maximum Gasteiger partial charge on any atom is 0.269 e. The van der Waals surface area contributed by atoms with Crippen LogP contribution in [-0.2, 0) is 4.79 Å². The van der Waals surface area contributed by atoms with E-state index >= 15 is 0 Å². The van der Waals surface area contributed by atoms with Crippen LogP contribution in [0.25, 0.3) is 0 Å². The molecule has 142 valence electrons. The number of nitrogens with zero attached hydrogens (tertiary/aromatic N) is 3. The van der Waals surface area contributed by atoms with Gasteiger partial charge in [0.25, 0.3) is 5.69 Å². The first-order chi connectivity index (χ1) is 13.0. The highest BCUT2D eigenvalue weighted by Gasteiger charge is 2.21. The Hall–Kier alpha value is -2.25. The molecule has 0 radical (unpaired) electrons. The molecule has 0 aliphatic carbocycles. The Balaban J connectivity index is 1.43. The van der Waals surface area contributed by atoms with Crippen LogP contribution in [-0.4, -0.2) is 47.7 Å². The summed E-state index contributed by atoms with van der Waals surface area (Å²) in [5, 5.41) is 11.4. The summed E-state index contributed by atoms with van der Waals surface area (Å²) in [7, 11) is 0. The fourth-order valence-electron chi connectivity index (χ4n) is 2.94. The van der Waals surface area contributed by atoms with E-state index in [1.54, 1.807) is 23.9 Å². The van der Waals surface area contributed by atoms with Crippen LogP contribution >= 0.6 is 23.4 Å². The highest BCUT2D eigenvalue weighted by molar-refractivity contribution is 7.99. The minimum atomic E-state index is -0.400. The Morgan fingerprint density at radius 2 is 1.67 bits per heavy atom. The number of hydrogen-bond donors (Lipinski definition) is 0. The molecule has 0 N–H and O–H groups in total. The van der Waals surface area contributed by atoms with E-state index in [1.165, 1.54) is 12.1 Å². The smallest absolute Gasteiger partial charge is 0.269 e. The van der Waals surface area contributed by atoms with Gasteiger partial charge in [-0.05, 0) is 36.4 Å². The summed E-state index contributed by atoms with van der Waals surface area (Å²) in [6.07, 6.45) is 0.505. The number of thioether (sulfide) groups is 1. The zero-order valence-corrected chi connectivity index (χ0v) is 16.3. The van der Waals surface area contributed by atoms with Crippen molar-refractivity contribution in [3.05, 3.63) is 63.7 Å². The lowest BCUT2D eigenvalue weighted by Gasteiger charge is -2.36. The van der Waals surface area contributed by atoms with E-state index in [-0.39, 0.29) is 11.6 Å². The number of amides is 1. The average molecular weight is 406 g/mol. The number of halogens is 1. The fraction of sp³-hybridized carbons (Fsp3) is 0.316. The second-order valence-corrected chi connectivity index (χ2v) is 7.80. The minimum Gasteiger partial charge on any atom is -0.368 e. The molecule has 0 bridgehead atoms. The van der Waals surface area contributed by atoms with Gasteiger partial charge in [0.15, 0.2) is 0 Å². The Morgan fingerprint density at radius 1 is 1.04 bits per heavy atom. The van der Waals surface area contributed by atoms with Crippen LogP contribution in [0.15, 0.2) is 53.4 Å². The molecule has 0 saturated carbocycles. The maximum atomic E-state index is 12.4. The van der Waals surface area contributed by atoms with Gasteiger partial charge in [-0.1, -0.05) is 11.6 Å². The van der Waals surface area contributed by atoms with Crippen molar-refractivity contribution < 1.29 is 9.72 Å². The number of nitro groups is 1. The molecule has 0 atom stereocenters. The highest BCUT2D eigenvalue weighted by Crippen LogP contribution is 2.23. The van der Waals surface area contributed by atoms with Crippen LogP contribution < -0.4 is 4.90 Å². The number of anilines is 1. The van der Waals surface area contributed by atoms with Crippen molar-refractivity contribution in [2.75, 3.05) is 36.8 Å². The normalized spacial score (nSPS) is 14.3. The molecule has 0 aromatic heterocycles. The first-order valence-electron chi connectivity index (χ1n) is 8.68. The third-order valence-electron chi connectivity index (χ3n) is 4.46. The first-order valence-corrected chi connectivity index (χ1v) is 10.0. The molecule has 1 fully saturated rings. The molecule has 1 aliphatic heterocycles. The van der Waals surface area contributed by atoms with Crippen molar-refractivity contribution in [3.8, 4) is 0 Å². The molecule has 0 spiro atoms. The van der Waals surface area contributed by atoms with Gasteiger partial charge in [0.05, 0.1) is 4.92 Å². The van der Waals surface area contributed by atoms with Gasteiger partial charge in [0.2, 0.25) is 5.91 Å². The number of piperazine rings is 1. The number of carbonyl (C=O) groups excluding carboxylic acids is 1. The fourth-order valence-corrected chi connectivity index (χ4v) is 3.91. The van der Waals surface area contributed by atoms with Crippen molar-refractivity contribution in [1.29, 1.82) is 0 Å². The zero-order valence-electron chi connectivity index (χ0n) is 14.7. The molecule has 8 heteroatoms. The molecule has 3 rings (SSSR count). The average Bonchev–Trinajstić information content (AvgIpc) is 2.69. The Morgan fingerprint density at radius 3 is 2.26 bits per heavy atom. The van der Waals surface area contributed by atoms with Gasteiger partial charge in [0, 0.05) is 66.1 Å². The quantitative estimate of drug-likeness (QED) is 0.411. The Labute approximate surface area is 167 Å². The molecule has 1 heterocycles. The van der Waals surface area contributed by atoms with Crippen molar-refractivity contribution in [2.45, 2.75) is 11.3 Å². The zero-order chi connectivity index (χ0) is 19.2. The molecule has 0 unspecified atom stereocenters. The Bertz CT molecular complexity index is 791. The summed E-state index contributed by atoms with van der Waals surface area (Å²) in [5.74, 6) is 0.906. The third kappa shape index (κ3) is 5.37. The van der Waals surface area contributed by atoms with E-state index in [9.17, 15) is 14.9 Å². The van der Waals surface area contributed by atoms with E-state index in [2.05, 4.69) is 4.90 Å². The SMILES string of the molecule is O=C(CCSc1ccc(Cl)cc1)N1CCN(c2ccc([N+](=O)[O-])cc2)CC1. The monoisotopic (exact) mass is 405 g/mol. The number of carbonyl (C=O) groups is 1. The molecule has 1 amide bonds. The summed E-state index contributed by atoms with van der Waals surface area (Å²) >= 11 is 7.52. The molecular formula is C19H20ClN3O3S. The third-order valence-corrected chi connectivity index (χ3v) is 5.72. The lowest BCUT2D eigenvalue weighted by Crippen LogP contribution is -2.48. The highest BCUT2D eigenvalue weighted by atomic mass is 35.5. The number of hydrogen-bond acceptors (Lipinski definition) is 5. The maximum absolute atomic E-state index is 12.4. The van der Waals surface area contributed by atoms with Crippen LogP contribution in [0.1, 0.15) is 6.42 Å². The van der Waals surface area contributed by atoms with Crippen LogP contribution in [0.3, 0.4) is 0 Å². The molecule has 2 aromatic rings. The van der Waals surface area contributed by atoms with E-state index < -0.39 is 4.92 Å². The van der Waals surface area contributed by atoms with Gasteiger partial charge in [-0.15, -0.1) is 11.8 Å². The molecule has 2 aromatic carbocycles. The van der Waals surface area contributed by atoms with Gasteiger partial charge in [-0.2, -0.15) is 0 Å². The van der Waals surface area contributed by atoms with Crippen LogP contribution in [0.5, 0.6) is 0 Å².